The van der Waals surface area contributed by atoms with Crippen molar-refractivity contribution in [3.63, 3.8) is 0 Å². The van der Waals surface area contributed by atoms with Gasteiger partial charge in [-0.05, 0) is 61.6 Å². The van der Waals surface area contributed by atoms with E-state index in [1.54, 1.807) is 35.7 Å². The van der Waals surface area contributed by atoms with Crippen LogP contribution in [0.3, 0.4) is 0 Å². The Balaban J connectivity index is 1.88. The van der Waals surface area contributed by atoms with Gasteiger partial charge in [0.05, 0.1) is 11.9 Å². The summed E-state index contributed by atoms with van der Waals surface area (Å²) >= 11 is 0. The van der Waals surface area contributed by atoms with E-state index >= 15 is 0 Å². The van der Waals surface area contributed by atoms with Crippen LogP contribution in [-0.2, 0) is 0 Å². The molecule has 27 heavy (non-hydrogen) atoms. The van der Waals surface area contributed by atoms with Gasteiger partial charge >= 0.3 is 0 Å². The van der Waals surface area contributed by atoms with Gasteiger partial charge in [0.15, 0.2) is 0 Å². The molecule has 3 N–H and O–H groups in total. The van der Waals surface area contributed by atoms with Crippen LogP contribution in [0.4, 0.5) is 4.39 Å². The van der Waals surface area contributed by atoms with E-state index in [-0.39, 0.29) is 17.4 Å². The van der Waals surface area contributed by atoms with Crippen LogP contribution in [0.1, 0.15) is 35.2 Å². The maximum Gasteiger partial charge on any atom is 0.144 e. The summed E-state index contributed by atoms with van der Waals surface area (Å²) in [5, 5.41) is 18.0. The molecule has 1 fully saturated rings. The average molecular weight is 359 g/mol. The molecule has 3 aromatic rings. The van der Waals surface area contributed by atoms with E-state index in [1.165, 1.54) is 12.3 Å². The molecule has 0 radical (unpaired) electrons. The summed E-state index contributed by atoms with van der Waals surface area (Å²) in [6.07, 6.45) is 5.31. The minimum Gasteiger partial charge on any atom is -0.401 e. The highest BCUT2D eigenvalue weighted by atomic mass is 19.1. The number of aryl methyl sites for hydroxylation is 1. The van der Waals surface area contributed by atoms with E-state index in [0.29, 0.717) is 33.7 Å². The fourth-order valence-electron chi connectivity index (χ4n) is 3.21. The normalized spacial score (nSPS) is 14.7. The van der Waals surface area contributed by atoms with Gasteiger partial charge in [-0.15, -0.1) is 0 Å². The number of hydrogen-bond acceptors (Lipinski definition) is 4. The van der Waals surface area contributed by atoms with Gasteiger partial charge < -0.3 is 5.73 Å². The summed E-state index contributed by atoms with van der Waals surface area (Å²) in [6.45, 7) is 1.68. The zero-order valence-corrected chi connectivity index (χ0v) is 14.8. The van der Waals surface area contributed by atoms with Crippen molar-refractivity contribution in [1.29, 1.82) is 10.7 Å². The zero-order chi connectivity index (χ0) is 19.1. The average Bonchev–Trinajstić information content (AvgIpc) is 3.44. The van der Waals surface area contributed by atoms with Gasteiger partial charge in [0.25, 0.3) is 0 Å². The van der Waals surface area contributed by atoms with Gasteiger partial charge in [0, 0.05) is 28.6 Å². The molecule has 2 aromatic heterocycles. The highest BCUT2D eigenvalue weighted by molar-refractivity contribution is 6.31. The molecule has 134 valence electrons. The van der Waals surface area contributed by atoms with Crippen LogP contribution >= 0.6 is 0 Å². The maximum absolute atomic E-state index is 13.7. The third-order valence-electron chi connectivity index (χ3n) is 4.91. The SMILES string of the molecule is Cc1cc(C(=N)/C(=C(\N)C2CC2)c2ccc3ncc(C#N)n3c2)ccc1F. The van der Waals surface area contributed by atoms with Crippen molar-refractivity contribution in [2.75, 3.05) is 0 Å². The minimum atomic E-state index is -0.300. The quantitative estimate of drug-likeness (QED) is 0.694. The van der Waals surface area contributed by atoms with E-state index < -0.39 is 0 Å². The Bertz CT molecular complexity index is 1150. The number of halogens is 1. The van der Waals surface area contributed by atoms with Crippen LogP contribution in [0.5, 0.6) is 0 Å². The van der Waals surface area contributed by atoms with Gasteiger partial charge in [-0.3, -0.25) is 9.81 Å². The number of fused-ring (bicyclic) bond motifs is 1. The third kappa shape index (κ3) is 2.97. The second-order valence-electron chi connectivity index (χ2n) is 6.84. The Hall–Kier alpha value is -3.46. The topological polar surface area (TPSA) is 91.0 Å². The lowest BCUT2D eigenvalue weighted by molar-refractivity contribution is 0.618. The lowest BCUT2D eigenvalue weighted by Crippen LogP contribution is -2.13. The molecule has 1 saturated carbocycles. The summed E-state index contributed by atoms with van der Waals surface area (Å²) in [4.78, 5) is 4.20. The van der Waals surface area contributed by atoms with Crippen LogP contribution in [0.2, 0.25) is 0 Å². The number of aromatic nitrogens is 2. The van der Waals surface area contributed by atoms with Gasteiger partial charge in [0.1, 0.15) is 23.2 Å². The lowest BCUT2D eigenvalue weighted by atomic mass is 9.93. The van der Waals surface area contributed by atoms with E-state index in [2.05, 4.69) is 11.1 Å². The molecule has 1 aliphatic carbocycles. The van der Waals surface area contributed by atoms with Crippen molar-refractivity contribution >= 4 is 16.9 Å². The number of benzene rings is 1. The van der Waals surface area contributed by atoms with Crippen molar-refractivity contribution in [2.24, 2.45) is 11.7 Å². The molecule has 4 rings (SSSR count). The summed E-state index contributed by atoms with van der Waals surface area (Å²) < 4.78 is 15.4. The number of nitrogens with one attached hydrogen (secondary N) is 1. The van der Waals surface area contributed by atoms with Gasteiger partial charge in [-0.1, -0.05) is 0 Å². The molecule has 0 saturated heterocycles. The van der Waals surface area contributed by atoms with Gasteiger partial charge in [0.2, 0.25) is 0 Å². The fourth-order valence-corrected chi connectivity index (χ4v) is 3.21. The molecular weight excluding hydrogens is 341 g/mol. The Morgan fingerprint density at radius 2 is 2.04 bits per heavy atom. The van der Waals surface area contributed by atoms with Gasteiger partial charge in [-0.25, -0.2) is 9.37 Å². The van der Waals surface area contributed by atoms with Crippen LogP contribution in [0, 0.1) is 35.4 Å². The summed E-state index contributed by atoms with van der Waals surface area (Å²) in [5.74, 6) is -0.0402. The van der Waals surface area contributed by atoms with Crippen molar-refractivity contribution in [3.8, 4) is 6.07 Å². The summed E-state index contributed by atoms with van der Waals surface area (Å²) in [7, 11) is 0. The molecule has 2 heterocycles. The largest absolute Gasteiger partial charge is 0.401 e. The molecule has 0 spiro atoms. The molecule has 0 aliphatic heterocycles. The lowest BCUT2D eigenvalue weighted by Gasteiger charge is -2.15. The van der Waals surface area contributed by atoms with E-state index in [1.807, 2.05) is 6.07 Å². The molecule has 1 aliphatic rings. The first-order valence-electron chi connectivity index (χ1n) is 8.72. The van der Waals surface area contributed by atoms with Crippen molar-refractivity contribution < 1.29 is 4.39 Å². The Morgan fingerprint density at radius 1 is 1.30 bits per heavy atom. The number of hydrogen-bond donors (Lipinski definition) is 2. The predicted octanol–water partition coefficient (Wildman–Crippen LogP) is 3.80. The van der Waals surface area contributed by atoms with E-state index in [4.69, 9.17) is 11.1 Å². The number of pyridine rings is 1. The molecular formula is C21H18FN5. The number of nitrogens with two attached hydrogens (primary N) is 1. The number of rotatable bonds is 4. The summed E-state index contributed by atoms with van der Waals surface area (Å²) in [5.41, 5.74) is 10.9. The van der Waals surface area contributed by atoms with Gasteiger partial charge in [-0.2, -0.15) is 5.26 Å². The molecule has 0 amide bonds. The maximum atomic E-state index is 13.7. The number of nitriles is 1. The Kier molecular flexibility index (Phi) is 4.00. The molecule has 1 aromatic carbocycles. The molecule has 0 unspecified atom stereocenters. The first-order chi connectivity index (χ1) is 13.0. The highest BCUT2D eigenvalue weighted by Crippen LogP contribution is 2.38. The zero-order valence-electron chi connectivity index (χ0n) is 14.8. The van der Waals surface area contributed by atoms with E-state index in [9.17, 15) is 9.65 Å². The van der Waals surface area contributed by atoms with Crippen molar-refractivity contribution in [3.05, 3.63) is 76.6 Å². The fraction of sp³-hybridized carbons (Fsp3) is 0.190. The first-order valence-corrected chi connectivity index (χ1v) is 8.72. The summed E-state index contributed by atoms with van der Waals surface area (Å²) in [6, 6.07) is 10.4. The standard InChI is InChI=1S/C21H18FN5/c1-12-8-14(4-6-17(12)22)21(25)19(20(24)13-2-3-13)15-5-7-18-26-10-16(9-23)27(18)11-15/h4-8,10-11,13,25H,2-3,24H2,1H3/b20-19-,25-21?. The molecule has 0 atom stereocenters. The minimum absolute atomic E-state index is 0.250. The molecule has 6 heteroatoms. The molecule has 5 nitrogen and oxygen atoms in total. The van der Waals surface area contributed by atoms with Crippen molar-refractivity contribution in [1.82, 2.24) is 9.38 Å². The third-order valence-corrected chi connectivity index (χ3v) is 4.91. The Labute approximate surface area is 156 Å². The smallest absolute Gasteiger partial charge is 0.144 e. The van der Waals surface area contributed by atoms with Crippen molar-refractivity contribution in [2.45, 2.75) is 19.8 Å². The highest BCUT2D eigenvalue weighted by Gasteiger charge is 2.29. The second-order valence-corrected chi connectivity index (χ2v) is 6.84. The Morgan fingerprint density at radius 3 is 2.70 bits per heavy atom. The molecule has 0 bridgehead atoms. The van der Waals surface area contributed by atoms with E-state index in [0.717, 1.165) is 18.4 Å². The monoisotopic (exact) mass is 359 g/mol. The first kappa shape index (κ1) is 17.0. The van der Waals surface area contributed by atoms with Crippen LogP contribution in [0.15, 0.2) is 48.4 Å². The number of nitrogens with zero attached hydrogens (tertiary/aromatic N) is 3. The van der Waals surface area contributed by atoms with Crippen LogP contribution in [-0.4, -0.2) is 15.1 Å². The second kappa shape index (κ2) is 6.36. The number of allylic oxidation sites excluding steroid dienone is 2. The number of imidazole rings is 1. The predicted molar refractivity (Wildman–Crippen MR) is 102 cm³/mol. The van der Waals surface area contributed by atoms with Crippen LogP contribution in [0.25, 0.3) is 11.2 Å². The van der Waals surface area contributed by atoms with Crippen LogP contribution < -0.4 is 5.73 Å².